The zero-order valence-corrected chi connectivity index (χ0v) is 15.8. The van der Waals surface area contributed by atoms with Gasteiger partial charge in [-0.1, -0.05) is 18.3 Å². The van der Waals surface area contributed by atoms with Crippen LogP contribution < -0.4 is 21.7 Å². The van der Waals surface area contributed by atoms with Crippen molar-refractivity contribution < 1.29 is 9.59 Å². The lowest BCUT2D eigenvalue weighted by molar-refractivity contribution is 0.0940. The predicted molar refractivity (Wildman–Crippen MR) is 106 cm³/mol. The molecule has 3 heterocycles. The summed E-state index contributed by atoms with van der Waals surface area (Å²) in [6.45, 7) is 1.72. The van der Waals surface area contributed by atoms with Crippen molar-refractivity contribution in [3.8, 4) is 11.8 Å². The fourth-order valence-electron chi connectivity index (χ4n) is 2.71. The van der Waals surface area contributed by atoms with E-state index in [1.165, 1.54) is 11.3 Å². The van der Waals surface area contributed by atoms with Crippen LogP contribution in [0.3, 0.4) is 0 Å². The van der Waals surface area contributed by atoms with Gasteiger partial charge in [-0.05, 0) is 36.9 Å². The van der Waals surface area contributed by atoms with Crippen molar-refractivity contribution in [3.63, 3.8) is 0 Å². The normalized spacial score (nSPS) is 16.8. The summed E-state index contributed by atoms with van der Waals surface area (Å²) in [6, 6.07) is 2.99. The van der Waals surface area contributed by atoms with Gasteiger partial charge < -0.3 is 21.7 Å². The Morgan fingerprint density at radius 3 is 2.96 bits per heavy atom. The number of carbonyl (C=O) groups excluding carboxylic acids is 2. The van der Waals surface area contributed by atoms with Gasteiger partial charge in [0.15, 0.2) is 0 Å². The minimum Gasteiger partial charge on any atom is -0.351 e. The van der Waals surface area contributed by atoms with E-state index >= 15 is 0 Å². The zero-order chi connectivity index (χ0) is 18.4. The summed E-state index contributed by atoms with van der Waals surface area (Å²) in [4.78, 5) is 25.1. The summed E-state index contributed by atoms with van der Waals surface area (Å²) in [5, 5.41) is 12.8. The molecule has 0 bridgehead atoms. The Labute approximate surface area is 160 Å². The van der Waals surface area contributed by atoms with Crippen LogP contribution in [0, 0.1) is 11.8 Å². The van der Waals surface area contributed by atoms with Crippen LogP contribution in [0.25, 0.3) is 0 Å². The van der Waals surface area contributed by atoms with E-state index in [1.807, 2.05) is 16.8 Å². The van der Waals surface area contributed by atoms with Crippen LogP contribution in [-0.4, -0.2) is 31.1 Å². The molecule has 6 nitrogen and oxygen atoms in total. The van der Waals surface area contributed by atoms with Crippen LogP contribution in [0.2, 0.25) is 0 Å². The van der Waals surface area contributed by atoms with E-state index in [2.05, 4.69) is 27.8 Å². The number of hydrogen-bond donors (Lipinski definition) is 4. The molecular formula is C18H20N4O2S2. The second-order valence-corrected chi connectivity index (χ2v) is 7.81. The third kappa shape index (κ3) is 5.08. The van der Waals surface area contributed by atoms with Crippen LogP contribution in [0.4, 0.5) is 10.5 Å². The molecule has 8 heteroatoms. The maximum Gasteiger partial charge on any atom is 0.316 e. The average molecular weight is 389 g/mol. The minimum absolute atomic E-state index is 0.0777. The van der Waals surface area contributed by atoms with E-state index in [9.17, 15) is 9.59 Å². The van der Waals surface area contributed by atoms with Gasteiger partial charge in [-0.3, -0.25) is 4.79 Å². The molecule has 0 spiro atoms. The van der Waals surface area contributed by atoms with E-state index in [0.29, 0.717) is 15.4 Å². The molecule has 3 amide bonds. The molecule has 0 aliphatic carbocycles. The number of carbonyl (C=O) groups is 2. The van der Waals surface area contributed by atoms with E-state index in [0.717, 1.165) is 37.9 Å². The molecule has 1 fully saturated rings. The molecule has 0 radical (unpaired) electrons. The van der Waals surface area contributed by atoms with Crippen LogP contribution in [-0.2, 0) is 0 Å². The molecule has 1 saturated heterocycles. The number of thiophene rings is 2. The molecule has 3 rings (SSSR count). The van der Waals surface area contributed by atoms with Gasteiger partial charge >= 0.3 is 6.03 Å². The standard InChI is InChI=1S/C18H20N4O2S2/c19-18(24)22-15-9-14(5-4-12-6-8-25-11-12)26-16(15)17(23)21-13-3-1-2-7-20-10-13/h6,8-9,11,13,20H,1-3,7,10H2,(H,21,23)(H3,19,22,24)/t13-/m0/s1. The number of amides is 3. The van der Waals surface area contributed by atoms with Gasteiger partial charge in [-0.25, -0.2) is 4.79 Å². The summed E-state index contributed by atoms with van der Waals surface area (Å²) < 4.78 is 0. The van der Waals surface area contributed by atoms with Crippen molar-refractivity contribution in [2.24, 2.45) is 5.73 Å². The van der Waals surface area contributed by atoms with Crippen LogP contribution in [0.5, 0.6) is 0 Å². The largest absolute Gasteiger partial charge is 0.351 e. The maximum absolute atomic E-state index is 12.7. The molecule has 1 aliphatic heterocycles. The Kier molecular flexibility index (Phi) is 6.28. The number of primary amides is 1. The Morgan fingerprint density at radius 2 is 2.19 bits per heavy atom. The summed E-state index contributed by atoms with van der Waals surface area (Å²) in [7, 11) is 0. The summed E-state index contributed by atoms with van der Waals surface area (Å²) >= 11 is 2.83. The first-order valence-electron chi connectivity index (χ1n) is 8.38. The van der Waals surface area contributed by atoms with Gasteiger partial charge in [-0.2, -0.15) is 11.3 Å². The fourth-order valence-corrected chi connectivity index (χ4v) is 4.17. The van der Waals surface area contributed by atoms with E-state index < -0.39 is 6.03 Å². The van der Waals surface area contributed by atoms with E-state index in [1.54, 1.807) is 17.4 Å². The van der Waals surface area contributed by atoms with Crippen molar-refractivity contribution >= 4 is 40.3 Å². The van der Waals surface area contributed by atoms with Crippen molar-refractivity contribution in [2.75, 3.05) is 18.4 Å². The Balaban J connectivity index is 1.79. The first-order valence-corrected chi connectivity index (χ1v) is 10.1. The van der Waals surface area contributed by atoms with Crippen molar-refractivity contribution in [1.29, 1.82) is 0 Å². The maximum atomic E-state index is 12.7. The number of nitrogens with two attached hydrogens (primary N) is 1. The molecule has 2 aromatic rings. The molecule has 1 aliphatic rings. The second kappa shape index (κ2) is 8.85. The van der Waals surface area contributed by atoms with Crippen LogP contribution >= 0.6 is 22.7 Å². The first-order chi connectivity index (χ1) is 12.6. The quantitative estimate of drug-likeness (QED) is 0.609. The number of hydrogen-bond acceptors (Lipinski definition) is 5. The topological polar surface area (TPSA) is 96.2 Å². The smallest absolute Gasteiger partial charge is 0.316 e. The van der Waals surface area contributed by atoms with Gasteiger partial charge in [0.25, 0.3) is 5.91 Å². The molecule has 5 N–H and O–H groups in total. The predicted octanol–water partition coefficient (Wildman–Crippen LogP) is 2.57. The number of rotatable bonds is 3. The van der Waals surface area contributed by atoms with Crippen molar-refractivity contribution in [1.82, 2.24) is 10.6 Å². The highest BCUT2D eigenvalue weighted by atomic mass is 32.1. The third-order valence-electron chi connectivity index (χ3n) is 3.93. The molecule has 1 atom stereocenters. The summed E-state index contributed by atoms with van der Waals surface area (Å²) in [5.74, 6) is 5.88. The van der Waals surface area contributed by atoms with Gasteiger partial charge in [0.1, 0.15) is 4.88 Å². The molecule has 26 heavy (non-hydrogen) atoms. The summed E-state index contributed by atoms with van der Waals surface area (Å²) in [6.07, 6.45) is 3.13. The molecule has 0 aromatic carbocycles. The number of urea groups is 1. The average Bonchev–Trinajstić information content (AvgIpc) is 3.18. The highest BCUT2D eigenvalue weighted by Gasteiger charge is 2.21. The highest BCUT2D eigenvalue weighted by Crippen LogP contribution is 2.27. The molecule has 0 saturated carbocycles. The van der Waals surface area contributed by atoms with Gasteiger partial charge in [0.05, 0.1) is 10.6 Å². The van der Waals surface area contributed by atoms with Gasteiger partial charge in [0, 0.05) is 23.5 Å². The third-order valence-corrected chi connectivity index (χ3v) is 5.66. The van der Waals surface area contributed by atoms with E-state index in [-0.39, 0.29) is 11.9 Å². The monoisotopic (exact) mass is 388 g/mol. The van der Waals surface area contributed by atoms with Crippen LogP contribution in [0.15, 0.2) is 22.9 Å². The van der Waals surface area contributed by atoms with Crippen molar-refractivity contribution in [3.05, 3.63) is 38.2 Å². The number of nitrogens with one attached hydrogen (secondary N) is 3. The lowest BCUT2D eigenvalue weighted by Gasteiger charge is -2.16. The van der Waals surface area contributed by atoms with E-state index in [4.69, 9.17) is 5.73 Å². The second-order valence-electron chi connectivity index (χ2n) is 5.98. The highest BCUT2D eigenvalue weighted by molar-refractivity contribution is 7.15. The van der Waals surface area contributed by atoms with Crippen LogP contribution in [0.1, 0.15) is 39.4 Å². The van der Waals surface area contributed by atoms with Crippen molar-refractivity contribution in [2.45, 2.75) is 25.3 Å². The lowest BCUT2D eigenvalue weighted by Crippen LogP contribution is -2.40. The molecule has 0 unspecified atom stereocenters. The zero-order valence-electron chi connectivity index (χ0n) is 14.1. The Hall–Kier alpha value is -2.34. The summed E-state index contributed by atoms with van der Waals surface area (Å²) in [5.41, 5.74) is 6.56. The molecule has 136 valence electrons. The lowest BCUT2D eigenvalue weighted by atomic mass is 10.1. The first kappa shape index (κ1) is 18.5. The number of anilines is 1. The van der Waals surface area contributed by atoms with Gasteiger partial charge in [-0.15, -0.1) is 11.3 Å². The SMILES string of the molecule is NC(=O)Nc1cc(C#Cc2ccsc2)sc1C(=O)N[C@H]1CCCCNC1. The minimum atomic E-state index is -0.703. The Morgan fingerprint density at radius 1 is 1.31 bits per heavy atom. The van der Waals surface area contributed by atoms with Gasteiger partial charge in [0.2, 0.25) is 0 Å². The fraction of sp³-hybridized carbons (Fsp3) is 0.333. The molecule has 2 aromatic heterocycles. The molecular weight excluding hydrogens is 368 g/mol. The Bertz CT molecular complexity index is 825.